The summed E-state index contributed by atoms with van der Waals surface area (Å²) < 4.78 is 7.16. The van der Waals surface area contributed by atoms with Crippen LogP contribution in [0.25, 0.3) is 5.82 Å². The summed E-state index contributed by atoms with van der Waals surface area (Å²) in [4.78, 5) is 28.5. The number of morpholine rings is 1. The summed E-state index contributed by atoms with van der Waals surface area (Å²) in [7, 11) is 0. The topological polar surface area (TPSA) is 142 Å². The summed E-state index contributed by atoms with van der Waals surface area (Å²) in [6, 6.07) is 12.7. The molecule has 12 nitrogen and oxygen atoms in total. The van der Waals surface area contributed by atoms with Crippen molar-refractivity contribution in [3.05, 3.63) is 77.5 Å². The van der Waals surface area contributed by atoms with E-state index >= 15 is 0 Å². The molecule has 0 unspecified atom stereocenters. The van der Waals surface area contributed by atoms with Crippen LogP contribution in [0.1, 0.15) is 41.2 Å². The van der Waals surface area contributed by atoms with Gasteiger partial charge in [-0.25, -0.2) is 9.97 Å². The summed E-state index contributed by atoms with van der Waals surface area (Å²) in [5.74, 6) is 1.77. The molecule has 1 fully saturated rings. The number of hydrogen-bond acceptors (Lipinski definition) is 10. The van der Waals surface area contributed by atoms with Crippen molar-refractivity contribution in [1.29, 1.82) is 0 Å². The van der Waals surface area contributed by atoms with Crippen LogP contribution in [0.2, 0.25) is 0 Å². The number of anilines is 4. The molecule has 0 spiro atoms. The maximum absolute atomic E-state index is 13.1. The van der Waals surface area contributed by atoms with Crippen molar-refractivity contribution in [2.75, 3.05) is 55.3 Å². The third-order valence-electron chi connectivity index (χ3n) is 7.03. The standard InChI is InChI=1S/C30H37N9O3/c1-20-16-28(39(37-20)27-18-26(33-19-34-27)32-10-11-38-12-14-42-15-13-38)35-23-6-5-7-24(21(23)2)36-29(40)22-8-9-31-25(17-22)30(3,4)41/h5-9,16-19,35,41H,10-15H2,1-4H3,(H,36,40)(H,32,33,34). The molecule has 4 N–H and O–H groups in total. The Morgan fingerprint density at radius 3 is 2.62 bits per heavy atom. The van der Waals surface area contributed by atoms with Gasteiger partial charge < -0.3 is 25.8 Å². The minimum Gasteiger partial charge on any atom is -0.384 e. The summed E-state index contributed by atoms with van der Waals surface area (Å²) in [6.07, 6.45) is 3.05. The predicted octanol–water partition coefficient (Wildman–Crippen LogP) is 3.64. The van der Waals surface area contributed by atoms with E-state index in [1.54, 1.807) is 30.7 Å². The maximum Gasteiger partial charge on any atom is 0.255 e. The largest absolute Gasteiger partial charge is 0.384 e. The van der Waals surface area contributed by atoms with Crippen LogP contribution in [0, 0.1) is 13.8 Å². The first-order valence-electron chi connectivity index (χ1n) is 14.0. The number of nitrogens with zero attached hydrogens (tertiary/aromatic N) is 6. The number of carbonyl (C=O) groups excluding carboxylic acids is 1. The number of aliphatic hydroxyl groups is 1. The van der Waals surface area contributed by atoms with Gasteiger partial charge >= 0.3 is 0 Å². The number of carbonyl (C=O) groups is 1. The van der Waals surface area contributed by atoms with Gasteiger partial charge in [0.05, 0.1) is 24.6 Å². The third kappa shape index (κ3) is 7.08. The van der Waals surface area contributed by atoms with Gasteiger partial charge in [-0.15, -0.1) is 0 Å². The number of amides is 1. The molecule has 3 aromatic heterocycles. The fourth-order valence-electron chi connectivity index (χ4n) is 4.63. The molecule has 1 aliphatic rings. The van der Waals surface area contributed by atoms with Gasteiger partial charge in [-0.3, -0.25) is 14.7 Å². The van der Waals surface area contributed by atoms with E-state index in [-0.39, 0.29) is 5.91 Å². The highest BCUT2D eigenvalue weighted by molar-refractivity contribution is 6.05. The van der Waals surface area contributed by atoms with E-state index in [0.717, 1.165) is 68.0 Å². The zero-order chi connectivity index (χ0) is 29.7. The Morgan fingerprint density at radius 1 is 1.05 bits per heavy atom. The second-order valence-electron chi connectivity index (χ2n) is 10.8. The Bertz CT molecular complexity index is 1540. The summed E-state index contributed by atoms with van der Waals surface area (Å²) in [5.41, 5.74) is 2.81. The molecule has 0 radical (unpaired) electrons. The van der Waals surface area contributed by atoms with E-state index in [1.165, 1.54) is 12.5 Å². The van der Waals surface area contributed by atoms with Crippen LogP contribution in [-0.2, 0) is 10.3 Å². The van der Waals surface area contributed by atoms with Crippen molar-refractivity contribution in [1.82, 2.24) is 29.6 Å². The number of ether oxygens (including phenoxy) is 1. The molecule has 0 atom stereocenters. The molecular weight excluding hydrogens is 534 g/mol. The van der Waals surface area contributed by atoms with Gasteiger partial charge in [0.25, 0.3) is 5.91 Å². The normalized spacial score (nSPS) is 14.0. The molecule has 1 saturated heterocycles. The Kier molecular flexibility index (Phi) is 8.76. The maximum atomic E-state index is 13.1. The smallest absolute Gasteiger partial charge is 0.255 e. The van der Waals surface area contributed by atoms with Gasteiger partial charge in [0.15, 0.2) is 5.82 Å². The van der Waals surface area contributed by atoms with Crippen LogP contribution in [0.4, 0.5) is 23.0 Å². The summed E-state index contributed by atoms with van der Waals surface area (Å²) in [6.45, 7) is 12.2. The van der Waals surface area contributed by atoms with Gasteiger partial charge in [-0.1, -0.05) is 6.07 Å². The van der Waals surface area contributed by atoms with Crippen LogP contribution in [0.15, 0.2) is 55.0 Å². The molecule has 42 heavy (non-hydrogen) atoms. The van der Waals surface area contributed by atoms with Gasteiger partial charge in [-0.2, -0.15) is 9.78 Å². The lowest BCUT2D eigenvalue weighted by Crippen LogP contribution is -2.39. The van der Waals surface area contributed by atoms with Crippen LogP contribution >= 0.6 is 0 Å². The second kappa shape index (κ2) is 12.6. The molecular formula is C30H37N9O3. The van der Waals surface area contributed by atoms with Crippen molar-refractivity contribution in [3.63, 3.8) is 0 Å². The van der Waals surface area contributed by atoms with E-state index in [0.29, 0.717) is 22.8 Å². The average Bonchev–Trinajstić information content (AvgIpc) is 3.35. The second-order valence-corrected chi connectivity index (χ2v) is 10.8. The predicted molar refractivity (Wildman–Crippen MR) is 162 cm³/mol. The number of nitrogens with one attached hydrogen (secondary N) is 3. The molecule has 0 saturated carbocycles. The highest BCUT2D eigenvalue weighted by Gasteiger charge is 2.20. The van der Waals surface area contributed by atoms with Crippen molar-refractivity contribution in [2.45, 2.75) is 33.3 Å². The first kappa shape index (κ1) is 29.1. The Labute approximate surface area is 245 Å². The monoisotopic (exact) mass is 571 g/mol. The summed E-state index contributed by atoms with van der Waals surface area (Å²) >= 11 is 0. The van der Waals surface area contributed by atoms with Crippen LogP contribution in [0.3, 0.4) is 0 Å². The minimum absolute atomic E-state index is 0.293. The molecule has 5 rings (SSSR count). The lowest BCUT2D eigenvalue weighted by atomic mass is 10.0. The lowest BCUT2D eigenvalue weighted by molar-refractivity contribution is 0.0398. The molecule has 1 aromatic carbocycles. The van der Waals surface area contributed by atoms with Crippen LogP contribution in [0.5, 0.6) is 0 Å². The average molecular weight is 572 g/mol. The van der Waals surface area contributed by atoms with Crippen molar-refractivity contribution >= 4 is 28.9 Å². The number of rotatable bonds is 10. The van der Waals surface area contributed by atoms with E-state index in [4.69, 9.17) is 4.74 Å². The number of hydrogen-bond donors (Lipinski definition) is 4. The molecule has 0 aliphatic carbocycles. The Balaban J connectivity index is 1.30. The third-order valence-corrected chi connectivity index (χ3v) is 7.03. The molecule has 0 bridgehead atoms. The van der Waals surface area contributed by atoms with E-state index in [2.05, 4.69) is 40.9 Å². The van der Waals surface area contributed by atoms with Crippen molar-refractivity contribution in [2.24, 2.45) is 0 Å². The van der Waals surface area contributed by atoms with Gasteiger partial charge in [0.1, 0.15) is 23.6 Å². The van der Waals surface area contributed by atoms with Crippen molar-refractivity contribution < 1.29 is 14.6 Å². The van der Waals surface area contributed by atoms with Crippen molar-refractivity contribution in [3.8, 4) is 5.82 Å². The van der Waals surface area contributed by atoms with E-state index < -0.39 is 5.60 Å². The number of pyridine rings is 1. The minimum atomic E-state index is -1.15. The Hall–Kier alpha value is -4.39. The SMILES string of the molecule is Cc1cc(Nc2cccc(NC(=O)c3ccnc(C(C)(C)O)c3)c2C)n(-c2cc(NCCN3CCOCC3)ncn2)n1. The fraction of sp³-hybridized carbons (Fsp3) is 0.367. The first-order chi connectivity index (χ1) is 20.2. The molecule has 220 valence electrons. The molecule has 1 amide bonds. The highest BCUT2D eigenvalue weighted by atomic mass is 16.5. The number of aryl methyl sites for hydroxylation is 1. The van der Waals surface area contributed by atoms with Gasteiger partial charge in [0.2, 0.25) is 0 Å². The van der Waals surface area contributed by atoms with Gasteiger partial charge in [-0.05, 0) is 57.5 Å². The van der Waals surface area contributed by atoms with Crippen LogP contribution in [-0.4, -0.2) is 80.0 Å². The fourth-order valence-corrected chi connectivity index (χ4v) is 4.63. The Morgan fingerprint density at radius 2 is 1.83 bits per heavy atom. The molecule has 4 aromatic rings. The van der Waals surface area contributed by atoms with Gasteiger partial charge in [0, 0.05) is 61.4 Å². The molecule has 12 heteroatoms. The molecule has 1 aliphatic heterocycles. The van der Waals surface area contributed by atoms with Crippen LogP contribution < -0.4 is 16.0 Å². The van der Waals surface area contributed by atoms with E-state index in [9.17, 15) is 9.90 Å². The lowest BCUT2D eigenvalue weighted by Gasteiger charge is -2.26. The zero-order valence-electron chi connectivity index (χ0n) is 24.4. The number of aromatic nitrogens is 5. The summed E-state index contributed by atoms with van der Waals surface area (Å²) in [5, 5.41) is 24.8. The number of benzene rings is 1. The highest BCUT2D eigenvalue weighted by Crippen LogP contribution is 2.29. The quantitative estimate of drug-likeness (QED) is 0.223. The zero-order valence-corrected chi connectivity index (χ0v) is 24.4. The van der Waals surface area contributed by atoms with E-state index in [1.807, 2.05) is 44.2 Å². The molecule has 4 heterocycles. The first-order valence-corrected chi connectivity index (χ1v) is 14.0.